The van der Waals surface area contributed by atoms with E-state index < -0.39 is 34.5 Å². The smallest absolute Gasteiger partial charge is 0.272 e. The number of nitro groups is 1. The molecule has 1 aliphatic carbocycles. The van der Waals surface area contributed by atoms with Crippen LogP contribution in [0.4, 0.5) is 5.69 Å². The fourth-order valence-electron chi connectivity index (χ4n) is 4.31. The summed E-state index contributed by atoms with van der Waals surface area (Å²) < 4.78 is 0. The summed E-state index contributed by atoms with van der Waals surface area (Å²) in [5, 5.41) is 13.7. The molecule has 0 unspecified atom stereocenters. The Bertz CT molecular complexity index is 1200. The normalized spacial score (nSPS) is 21.8. The lowest BCUT2D eigenvalue weighted by Crippen LogP contribution is -2.50. The maximum Gasteiger partial charge on any atom is 0.273 e. The molecule has 10 heteroatoms. The molecule has 170 valence electrons. The standard InChI is InChI=1S/C23H19Cl2N3O5/c1-13-4-2-7-17-20(13)23(31)27(22(17)30)26(12-14-8-9-18(24)19(25)10-14)21(29)15-5-3-6-16(11-15)28(32)33/h2-6,8-11,13,17,20H,7,12H2,1H3/t13-,17-,20+/m1/s1. The molecule has 8 nitrogen and oxygen atoms in total. The molecule has 33 heavy (non-hydrogen) atoms. The molecule has 2 aromatic rings. The summed E-state index contributed by atoms with van der Waals surface area (Å²) in [6, 6.07) is 9.88. The average molecular weight is 488 g/mol. The molecule has 2 aliphatic rings. The highest BCUT2D eigenvalue weighted by molar-refractivity contribution is 6.42. The van der Waals surface area contributed by atoms with Gasteiger partial charge in [-0.15, -0.1) is 0 Å². The van der Waals surface area contributed by atoms with Crippen molar-refractivity contribution in [1.82, 2.24) is 10.0 Å². The highest BCUT2D eigenvalue weighted by Crippen LogP contribution is 2.40. The zero-order valence-corrected chi connectivity index (χ0v) is 19.0. The molecule has 0 saturated carbocycles. The minimum absolute atomic E-state index is 0.0223. The molecule has 1 aliphatic heterocycles. The third-order valence-electron chi connectivity index (χ3n) is 5.95. The number of halogens is 2. The third kappa shape index (κ3) is 4.24. The number of allylic oxidation sites excluding steroid dienone is 2. The molecule has 0 radical (unpaired) electrons. The summed E-state index contributed by atoms with van der Waals surface area (Å²) in [6.07, 6.45) is 4.16. The molecular weight excluding hydrogens is 469 g/mol. The first-order valence-electron chi connectivity index (χ1n) is 10.2. The Kier molecular flexibility index (Phi) is 6.23. The molecule has 2 aromatic carbocycles. The van der Waals surface area contributed by atoms with Crippen molar-refractivity contribution in [3.63, 3.8) is 0 Å². The molecule has 3 atom stereocenters. The number of hydrogen-bond donors (Lipinski definition) is 0. The van der Waals surface area contributed by atoms with Gasteiger partial charge in [-0.25, -0.2) is 5.01 Å². The number of hydrogen-bond acceptors (Lipinski definition) is 5. The van der Waals surface area contributed by atoms with Gasteiger partial charge in [0.15, 0.2) is 0 Å². The zero-order valence-electron chi connectivity index (χ0n) is 17.5. The van der Waals surface area contributed by atoms with Gasteiger partial charge < -0.3 is 0 Å². The molecule has 4 rings (SSSR count). The molecular formula is C23H19Cl2N3O5. The fraction of sp³-hybridized carbons (Fsp3) is 0.261. The van der Waals surface area contributed by atoms with Crippen molar-refractivity contribution >= 4 is 46.6 Å². The second-order valence-electron chi connectivity index (χ2n) is 8.06. The van der Waals surface area contributed by atoms with Gasteiger partial charge in [0.05, 0.1) is 33.3 Å². The van der Waals surface area contributed by atoms with E-state index in [-0.39, 0.29) is 28.7 Å². The topological polar surface area (TPSA) is 101 Å². The first-order chi connectivity index (χ1) is 15.7. The van der Waals surface area contributed by atoms with Crippen LogP contribution in [0.2, 0.25) is 10.0 Å². The molecule has 0 N–H and O–H groups in total. The van der Waals surface area contributed by atoms with Gasteiger partial charge >= 0.3 is 0 Å². The second-order valence-corrected chi connectivity index (χ2v) is 8.88. The van der Waals surface area contributed by atoms with Crippen LogP contribution in [0.1, 0.15) is 29.3 Å². The Balaban J connectivity index is 1.76. The van der Waals surface area contributed by atoms with Gasteiger partial charge in [-0.2, -0.15) is 5.01 Å². The quantitative estimate of drug-likeness (QED) is 0.264. The van der Waals surface area contributed by atoms with Gasteiger partial charge in [0, 0.05) is 17.7 Å². The number of fused-ring (bicyclic) bond motifs is 1. The van der Waals surface area contributed by atoms with Gasteiger partial charge in [-0.1, -0.05) is 54.4 Å². The fourth-order valence-corrected chi connectivity index (χ4v) is 4.64. The maximum atomic E-state index is 13.5. The van der Waals surface area contributed by atoms with Gasteiger partial charge in [0.1, 0.15) is 0 Å². The predicted molar refractivity (Wildman–Crippen MR) is 121 cm³/mol. The molecule has 0 spiro atoms. The minimum atomic E-state index is -0.717. The monoisotopic (exact) mass is 487 g/mol. The van der Waals surface area contributed by atoms with E-state index in [1.165, 1.54) is 18.2 Å². The first-order valence-corrected chi connectivity index (χ1v) is 11.0. The number of nitro benzene ring substituents is 1. The van der Waals surface area contributed by atoms with Crippen molar-refractivity contribution in [2.75, 3.05) is 0 Å². The molecule has 1 fully saturated rings. The van der Waals surface area contributed by atoms with Gasteiger partial charge in [0.2, 0.25) is 0 Å². The van der Waals surface area contributed by atoms with E-state index in [0.29, 0.717) is 17.0 Å². The van der Waals surface area contributed by atoms with Crippen LogP contribution in [-0.4, -0.2) is 32.7 Å². The van der Waals surface area contributed by atoms with E-state index in [1.807, 2.05) is 19.1 Å². The highest BCUT2D eigenvalue weighted by Gasteiger charge is 2.53. The Morgan fingerprint density at radius 1 is 1.15 bits per heavy atom. The van der Waals surface area contributed by atoms with E-state index in [4.69, 9.17) is 23.2 Å². The van der Waals surface area contributed by atoms with Gasteiger partial charge in [-0.05, 0) is 36.1 Å². The SMILES string of the molecule is C[C@@H]1C=CC[C@H]2C(=O)N(N(Cc3ccc(Cl)c(Cl)c3)C(=O)c3cccc([N+](=O)[O-])c3)C(=O)[C@@H]12. The Morgan fingerprint density at radius 2 is 1.91 bits per heavy atom. The third-order valence-corrected chi connectivity index (χ3v) is 6.68. The summed E-state index contributed by atoms with van der Waals surface area (Å²) in [7, 11) is 0. The zero-order chi connectivity index (χ0) is 23.9. The Labute approximate surface area is 199 Å². The van der Waals surface area contributed by atoms with Crippen molar-refractivity contribution in [3.8, 4) is 0 Å². The minimum Gasteiger partial charge on any atom is -0.272 e. The maximum absolute atomic E-state index is 13.5. The van der Waals surface area contributed by atoms with Crippen LogP contribution in [0, 0.1) is 27.9 Å². The highest BCUT2D eigenvalue weighted by atomic mass is 35.5. The lowest BCUT2D eigenvalue weighted by molar-refractivity contribution is -0.384. The van der Waals surface area contributed by atoms with E-state index >= 15 is 0 Å². The molecule has 1 heterocycles. The number of carbonyl (C=O) groups is 3. The lowest BCUT2D eigenvalue weighted by atomic mass is 9.78. The number of hydrazine groups is 1. The van der Waals surface area contributed by atoms with Crippen LogP contribution in [0.3, 0.4) is 0 Å². The summed E-state index contributed by atoms with van der Waals surface area (Å²) in [5.41, 5.74) is 0.233. The number of nitrogens with zero attached hydrogens (tertiary/aromatic N) is 3. The molecule has 1 saturated heterocycles. The number of benzene rings is 2. The average Bonchev–Trinajstić information content (AvgIpc) is 3.05. The van der Waals surface area contributed by atoms with E-state index in [0.717, 1.165) is 16.1 Å². The van der Waals surface area contributed by atoms with E-state index in [2.05, 4.69) is 0 Å². The lowest BCUT2D eigenvalue weighted by Gasteiger charge is -2.31. The van der Waals surface area contributed by atoms with Crippen LogP contribution < -0.4 is 0 Å². The number of carbonyl (C=O) groups excluding carboxylic acids is 3. The van der Waals surface area contributed by atoms with Crippen molar-refractivity contribution in [1.29, 1.82) is 0 Å². The van der Waals surface area contributed by atoms with Gasteiger partial charge in [0.25, 0.3) is 23.4 Å². The van der Waals surface area contributed by atoms with Crippen molar-refractivity contribution < 1.29 is 19.3 Å². The van der Waals surface area contributed by atoms with E-state index in [9.17, 15) is 24.5 Å². The Hall–Kier alpha value is -3.23. The summed E-state index contributed by atoms with van der Waals surface area (Å²) in [6.45, 7) is 1.70. The number of non-ortho nitro benzene ring substituents is 1. The van der Waals surface area contributed by atoms with Gasteiger partial charge in [-0.3, -0.25) is 24.5 Å². The molecule has 3 amide bonds. The number of imide groups is 1. The molecule has 0 aromatic heterocycles. The van der Waals surface area contributed by atoms with Crippen molar-refractivity contribution in [3.05, 3.63) is 85.9 Å². The number of amides is 3. The van der Waals surface area contributed by atoms with Crippen molar-refractivity contribution in [2.24, 2.45) is 17.8 Å². The summed E-state index contributed by atoms with van der Waals surface area (Å²) >= 11 is 12.1. The first kappa shape index (κ1) is 22.9. The van der Waals surface area contributed by atoms with Crippen LogP contribution in [0.25, 0.3) is 0 Å². The number of rotatable bonds is 5. The summed E-state index contributed by atoms with van der Waals surface area (Å²) in [5.74, 6) is -2.96. The largest absolute Gasteiger partial charge is 0.273 e. The Morgan fingerprint density at radius 3 is 2.58 bits per heavy atom. The molecule has 0 bridgehead atoms. The van der Waals surface area contributed by atoms with Crippen LogP contribution in [0.15, 0.2) is 54.6 Å². The van der Waals surface area contributed by atoms with Crippen LogP contribution in [0.5, 0.6) is 0 Å². The van der Waals surface area contributed by atoms with E-state index in [1.54, 1.807) is 18.2 Å². The van der Waals surface area contributed by atoms with Crippen molar-refractivity contribution in [2.45, 2.75) is 19.9 Å². The van der Waals surface area contributed by atoms with Crippen LogP contribution in [-0.2, 0) is 16.1 Å². The summed E-state index contributed by atoms with van der Waals surface area (Å²) in [4.78, 5) is 50.7. The van der Waals surface area contributed by atoms with Crippen LogP contribution >= 0.6 is 23.2 Å². The second kappa shape index (κ2) is 8.96. The predicted octanol–water partition coefficient (Wildman–Crippen LogP) is 4.66.